The van der Waals surface area contributed by atoms with Gasteiger partial charge < -0.3 is 10.3 Å². The number of likely N-dealkylation sites (N-methyl/N-ethyl adjacent to an activating group) is 1. The van der Waals surface area contributed by atoms with Crippen LogP contribution in [-0.4, -0.2) is 44.5 Å². The molecular formula is C16H16F2N6. The van der Waals surface area contributed by atoms with Gasteiger partial charge in [0.1, 0.15) is 11.8 Å². The summed E-state index contributed by atoms with van der Waals surface area (Å²) in [4.78, 5) is 17.6. The first-order chi connectivity index (χ1) is 11.6. The molecule has 4 rings (SSSR count). The molecule has 0 spiro atoms. The van der Waals surface area contributed by atoms with Gasteiger partial charge in [0.15, 0.2) is 23.1 Å². The van der Waals surface area contributed by atoms with Crippen molar-refractivity contribution in [3.8, 4) is 0 Å². The van der Waals surface area contributed by atoms with Crippen LogP contribution in [0.5, 0.6) is 0 Å². The van der Waals surface area contributed by atoms with Gasteiger partial charge in [0, 0.05) is 12.6 Å². The van der Waals surface area contributed by atoms with Crippen molar-refractivity contribution in [2.24, 2.45) is 0 Å². The zero-order valence-corrected chi connectivity index (χ0v) is 13.0. The summed E-state index contributed by atoms with van der Waals surface area (Å²) in [6.45, 7) is 0.846. The van der Waals surface area contributed by atoms with Crippen LogP contribution in [0.1, 0.15) is 18.0 Å². The second-order valence-electron chi connectivity index (χ2n) is 5.96. The fourth-order valence-corrected chi connectivity index (χ4v) is 3.33. The van der Waals surface area contributed by atoms with E-state index in [4.69, 9.17) is 0 Å². The maximum atomic E-state index is 13.6. The highest BCUT2D eigenvalue weighted by atomic mass is 19.2. The number of aromatic nitrogens is 4. The van der Waals surface area contributed by atoms with Gasteiger partial charge in [-0.1, -0.05) is 6.07 Å². The molecule has 8 heteroatoms. The normalized spacial score (nSPS) is 21.5. The second kappa shape index (κ2) is 5.79. The summed E-state index contributed by atoms with van der Waals surface area (Å²) in [7, 11) is 1.97. The highest BCUT2D eigenvalue weighted by Crippen LogP contribution is 2.34. The Balaban J connectivity index is 1.66. The van der Waals surface area contributed by atoms with E-state index in [0.29, 0.717) is 11.5 Å². The van der Waals surface area contributed by atoms with E-state index in [1.165, 1.54) is 18.5 Å². The lowest BCUT2D eigenvalue weighted by Gasteiger charge is -2.26. The van der Waals surface area contributed by atoms with Gasteiger partial charge in [-0.15, -0.1) is 0 Å². The average molecular weight is 330 g/mol. The standard InChI is InChI=1S/C16H16F2N6/c1-24-5-4-12(14(24)9-2-3-10(17)11(18)6-9)23-16-13-15(20-7-19-13)21-8-22-16/h2-3,6-8,12,14H,4-5H2,1H3,(H2,19,20,21,22,23)/t12-,14-/m1/s1. The Bertz CT molecular complexity index is 880. The van der Waals surface area contributed by atoms with Gasteiger partial charge in [0.05, 0.1) is 12.4 Å². The third kappa shape index (κ3) is 2.48. The van der Waals surface area contributed by atoms with Gasteiger partial charge >= 0.3 is 0 Å². The third-order valence-corrected chi connectivity index (χ3v) is 4.48. The van der Waals surface area contributed by atoms with E-state index < -0.39 is 11.6 Å². The van der Waals surface area contributed by atoms with Crippen LogP contribution in [-0.2, 0) is 0 Å². The van der Waals surface area contributed by atoms with Crippen LogP contribution in [0.2, 0.25) is 0 Å². The van der Waals surface area contributed by atoms with E-state index in [-0.39, 0.29) is 12.1 Å². The van der Waals surface area contributed by atoms with Crippen LogP contribution in [0, 0.1) is 11.6 Å². The zero-order chi connectivity index (χ0) is 16.7. The molecule has 3 heterocycles. The molecular weight excluding hydrogens is 314 g/mol. The first-order valence-electron chi connectivity index (χ1n) is 7.69. The van der Waals surface area contributed by atoms with Crippen LogP contribution < -0.4 is 5.32 Å². The summed E-state index contributed by atoms with van der Waals surface area (Å²) in [5.74, 6) is -1.01. The number of H-pyrrole nitrogens is 1. The number of rotatable bonds is 3. The number of aromatic amines is 1. The minimum Gasteiger partial charge on any atom is -0.363 e. The molecule has 0 unspecified atom stereocenters. The average Bonchev–Trinajstić information content (AvgIpc) is 3.18. The smallest absolute Gasteiger partial charge is 0.182 e. The number of halogens is 2. The van der Waals surface area contributed by atoms with Crippen molar-refractivity contribution >= 4 is 17.0 Å². The Labute approximate surface area is 136 Å². The summed E-state index contributed by atoms with van der Waals surface area (Å²) >= 11 is 0. The highest BCUT2D eigenvalue weighted by Gasteiger charge is 2.34. The van der Waals surface area contributed by atoms with E-state index in [9.17, 15) is 8.78 Å². The Morgan fingerprint density at radius 1 is 1.21 bits per heavy atom. The fraction of sp³-hybridized carbons (Fsp3) is 0.312. The van der Waals surface area contributed by atoms with Gasteiger partial charge in [-0.05, 0) is 31.2 Å². The van der Waals surface area contributed by atoms with Crippen molar-refractivity contribution in [2.75, 3.05) is 18.9 Å². The summed E-state index contributed by atoms with van der Waals surface area (Å²) in [5.41, 5.74) is 2.06. The molecule has 0 amide bonds. The molecule has 1 aliphatic heterocycles. The lowest BCUT2D eigenvalue weighted by Crippen LogP contribution is -2.29. The first-order valence-corrected chi connectivity index (χ1v) is 7.69. The number of benzene rings is 1. The van der Waals surface area contributed by atoms with Crippen LogP contribution in [0.25, 0.3) is 11.2 Å². The summed E-state index contributed by atoms with van der Waals surface area (Å²) in [6.07, 6.45) is 3.88. The van der Waals surface area contributed by atoms with Crippen LogP contribution >= 0.6 is 0 Å². The number of likely N-dealkylation sites (tertiary alicyclic amines) is 1. The Morgan fingerprint density at radius 2 is 2.08 bits per heavy atom. The van der Waals surface area contributed by atoms with Crippen molar-refractivity contribution in [2.45, 2.75) is 18.5 Å². The Kier molecular flexibility index (Phi) is 3.61. The highest BCUT2D eigenvalue weighted by molar-refractivity contribution is 5.82. The molecule has 0 radical (unpaired) electrons. The molecule has 1 aromatic carbocycles. The number of fused-ring (bicyclic) bond motifs is 1. The van der Waals surface area contributed by atoms with Gasteiger partial charge in [0.2, 0.25) is 0 Å². The van der Waals surface area contributed by atoms with Crippen molar-refractivity contribution in [3.63, 3.8) is 0 Å². The number of imidazole rings is 1. The summed E-state index contributed by atoms with van der Waals surface area (Å²) < 4.78 is 26.9. The van der Waals surface area contributed by atoms with E-state index in [0.717, 1.165) is 24.0 Å². The minimum absolute atomic E-state index is 0.0151. The van der Waals surface area contributed by atoms with Gasteiger partial charge in [-0.2, -0.15) is 0 Å². The largest absolute Gasteiger partial charge is 0.363 e. The molecule has 2 atom stereocenters. The van der Waals surface area contributed by atoms with Crippen molar-refractivity contribution in [1.29, 1.82) is 0 Å². The fourth-order valence-electron chi connectivity index (χ4n) is 3.33. The molecule has 1 saturated heterocycles. The molecule has 124 valence electrons. The SMILES string of the molecule is CN1CC[C@@H](Nc2ncnc3nc[nH]c23)[C@H]1c1ccc(F)c(F)c1. The topological polar surface area (TPSA) is 69.7 Å². The number of anilines is 1. The van der Waals surface area contributed by atoms with Crippen molar-refractivity contribution in [3.05, 3.63) is 48.1 Å². The number of hydrogen-bond donors (Lipinski definition) is 2. The lowest BCUT2D eigenvalue weighted by atomic mass is 10.00. The minimum atomic E-state index is -0.834. The van der Waals surface area contributed by atoms with E-state index in [2.05, 4.69) is 30.2 Å². The zero-order valence-electron chi connectivity index (χ0n) is 13.0. The third-order valence-electron chi connectivity index (χ3n) is 4.48. The van der Waals surface area contributed by atoms with E-state index in [1.54, 1.807) is 12.4 Å². The van der Waals surface area contributed by atoms with Crippen molar-refractivity contribution < 1.29 is 8.78 Å². The van der Waals surface area contributed by atoms with Crippen LogP contribution in [0.15, 0.2) is 30.9 Å². The number of nitrogens with zero attached hydrogens (tertiary/aromatic N) is 4. The number of nitrogens with one attached hydrogen (secondary N) is 2. The summed E-state index contributed by atoms with van der Waals surface area (Å²) in [6, 6.07) is 4.01. The second-order valence-corrected chi connectivity index (χ2v) is 5.96. The van der Waals surface area contributed by atoms with Crippen LogP contribution in [0.4, 0.5) is 14.6 Å². The quantitative estimate of drug-likeness (QED) is 0.772. The lowest BCUT2D eigenvalue weighted by molar-refractivity contribution is 0.308. The van der Waals surface area contributed by atoms with E-state index in [1.807, 2.05) is 7.05 Å². The van der Waals surface area contributed by atoms with Gasteiger partial charge in [-0.25, -0.2) is 23.7 Å². The maximum Gasteiger partial charge on any atom is 0.182 e. The Morgan fingerprint density at radius 3 is 2.92 bits per heavy atom. The number of hydrogen-bond acceptors (Lipinski definition) is 5. The van der Waals surface area contributed by atoms with E-state index >= 15 is 0 Å². The van der Waals surface area contributed by atoms with Crippen LogP contribution in [0.3, 0.4) is 0 Å². The molecule has 0 bridgehead atoms. The molecule has 1 fully saturated rings. The van der Waals surface area contributed by atoms with Gasteiger partial charge in [-0.3, -0.25) is 4.90 Å². The molecule has 3 aromatic rings. The molecule has 6 nitrogen and oxygen atoms in total. The monoisotopic (exact) mass is 330 g/mol. The maximum absolute atomic E-state index is 13.6. The molecule has 24 heavy (non-hydrogen) atoms. The summed E-state index contributed by atoms with van der Waals surface area (Å²) in [5, 5.41) is 3.40. The Hall–Kier alpha value is -2.61. The molecule has 0 aliphatic carbocycles. The first kappa shape index (κ1) is 14.9. The predicted octanol–water partition coefficient (Wildman–Crippen LogP) is 2.49. The predicted molar refractivity (Wildman–Crippen MR) is 85.4 cm³/mol. The molecule has 2 N–H and O–H groups in total. The molecule has 2 aromatic heterocycles. The molecule has 0 saturated carbocycles. The molecule has 1 aliphatic rings. The van der Waals surface area contributed by atoms with Crippen molar-refractivity contribution in [1.82, 2.24) is 24.8 Å². The van der Waals surface area contributed by atoms with Gasteiger partial charge in [0.25, 0.3) is 0 Å².